The molecule has 0 spiro atoms. The summed E-state index contributed by atoms with van der Waals surface area (Å²) >= 11 is 1.71. The molecule has 7 heteroatoms. The molecule has 2 aromatic rings. The van der Waals surface area contributed by atoms with Gasteiger partial charge in [0, 0.05) is 18.6 Å². The van der Waals surface area contributed by atoms with E-state index >= 15 is 0 Å². The minimum absolute atomic E-state index is 0.0637. The van der Waals surface area contributed by atoms with Crippen molar-refractivity contribution in [2.24, 2.45) is 0 Å². The number of para-hydroxylation sites is 1. The summed E-state index contributed by atoms with van der Waals surface area (Å²) < 4.78 is 1.21. The lowest BCUT2D eigenvalue weighted by Gasteiger charge is -2.30. The molecule has 2 N–H and O–H groups in total. The smallest absolute Gasteiger partial charge is 0.237 e. The second-order valence-electron chi connectivity index (χ2n) is 7.43. The van der Waals surface area contributed by atoms with Crippen LogP contribution in [0.4, 0.5) is 5.13 Å². The zero-order chi connectivity index (χ0) is 18.6. The van der Waals surface area contributed by atoms with Crippen LogP contribution in [0.15, 0.2) is 24.3 Å². The number of fused-ring (bicyclic) bond motifs is 1. The summed E-state index contributed by atoms with van der Waals surface area (Å²) in [5.41, 5.74) is 1.05. The first kappa shape index (κ1) is 18.2. The van der Waals surface area contributed by atoms with Crippen LogP contribution in [-0.2, 0) is 4.79 Å². The number of carbonyl (C=O) groups is 1. The van der Waals surface area contributed by atoms with E-state index in [0.29, 0.717) is 18.6 Å². The molecule has 1 aromatic carbocycles. The molecule has 27 heavy (non-hydrogen) atoms. The predicted molar refractivity (Wildman–Crippen MR) is 108 cm³/mol. The first-order valence-electron chi connectivity index (χ1n) is 9.77. The highest BCUT2D eigenvalue weighted by Crippen LogP contribution is 2.28. The van der Waals surface area contributed by atoms with Crippen molar-refractivity contribution in [3.8, 4) is 6.07 Å². The van der Waals surface area contributed by atoms with E-state index in [0.717, 1.165) is 55.7 Å². The normalized spacial score (nSPS) is 25.4. The number of rotatable bonds is 5. The third-order valence-corrected chi connectivity index (χ3v) is 6.58. The van der Waals surface area contributed by atoms with Gasteiger partial charge in [-0.3, -0.25) is 4.79 Å². The van der Waals surface area contributed by atoms with E-state index in [-0.39, 0.29) is 11.9 Å². The highest BCUT2D eigenvalue weighted by Gasteiger charge is 2.29. The van der Waals surface area contributed by atoms with Crippen LogP contribution in [0.25, 0.3) is 10.2 Å². The van der Waals surface area contributed by atoms with E-state index in [2.05, 4.69) is 27.8 Å². The molecule has 2 aliphatic rings. The summed E-state index contributed by atoms with van der Waals surface area (Å²) in [6, 6.07) is 11.0. The van der Waals surface area contributed by atoms with Gasteiger partial charge >= 0.3 is 0 Å². The summed E-state index contributed by atoms with van der Waals surface area (Å²) in [5.74, 6) is 0.0637. The zero-order valence-corrected chi connectivity index (χ0v) is 16.2. The monoisotopic (exact) mass is 383 g/mol. The topological polar surface area (TPSA) is 81.0 Å². The molecule has 142 valence electrons. The average Bonchev–Trinajstić information content (AvgIpc) is 3.33. The molecule has 1 atom stereocenters. The maximum Gasteiger partial charge on any atom is 0.237 e. The van der Waals surface area contributed by atoms with Crippen molar-refractivity contribution in [1.82, 2.24) is 15.2 Å². The van der Waals surface area contributed by atoms with E-state index in [1.54, 1.807) is 16.2 Å². The van der Waals surface area contributed by atoms with Gasteiger partial charge in [0.25, 0.3) is 0 Å². The fraction of sp³-hybridized carbons (Fsp3) is 0.550. The maximum absolute atomic E-state index is 12.3. The SMILES string of the molecule is N#CC1CCCN1C(=O)CNC1CCC(Nc2nc3ccccc3s2)CC1. The third-order valence-electron chi connectivity index (χ3n) is 5.61. The lowest BCUT2D eigenvalue weighted by Crippen LogP contribution is -2.45. The lowest BCUT2D eigenvalue weighted by atomic mass is 9.91. The summed E-state index contributed by atoms with van der Waals surface area (Å²) in [7, 11) is 0. The number of nitriles is 1. The first-order valence-corrected chi connectivity index (χ1v) is 10.6. The fourth-order valence-electron chi connectivity index (χ4n) is 4.08. The molecule has 1 unspecified atom stereocenters. The van der Waals surface area contributed by atoms with Gasteiger partial charge in [0.15, 0.2) is 5.13 Å². The molecule has 1 amide bonds. The van der Waals surface area contributed by atoms with Crippen molar-refractivity contribution in [2.45, 2.75) is 56.7 Å². The molecule has 1 aliphatic carbocycles. The second kappa shape index (κ2) is 8.24. The van der Waals surface area contributed by atoms with Gasteiger partial charge in [0.1, 0.15) is 6.04 Å². The second-order valence-corrected chi connectivity index (χ2v) is 8.47. The number of aromatic nitrogens is 1. The molecule has 2 fully saturated rings. The number of likely N-dealkylation sites (tertiary alicyclic amines) is 1. The number of amides is 1. The number of nitrogens with zero attached hydrogens (tertiary/aromatic N) is 3. The Hall–Kier alpha value is -2.17. The molecule has 6 nitrogen and oxygen atoms in total. The summed E-state index contributed by atoms with van der Waals surface area (Å²) in [5, 5.41) is 17.1. The van der Waals surface area contributed by atoms with Crippen LogP contribution in [-0.4, -0.2) is 47.0 Å². The van der Waals surface area contributed by atoms with Gasteiger partial charge < -0.3 is 15.5 Å². The van der Waals surface area contributed by atoms with Crippen molar-refractivity contribution >= 4 is 32.6 Å². The summed E-state index contributed by atoms with van der Waals surface area (Å²) in [4.78, 5) is 18.7. The van der Waals surface area contributed by atoms with Gasteiger partial charge in [-0.25, -0.2) is 4.98 Å². The zero-order valence-electron chi connectivity index (χ0n) is 15.4. The largest absolute Gasteiger partial charge is 0.359 e. The highest BCUT2D eigenvalue weighted by molar-refractivity contribution is 7.22. The van der Waals surface area contributed by atoms with Crippen molar-refractivity contribution < 1.29 is 4.79 Å². The standard InChI is InChI=1S/C20H25N5OS/c21-12-16-4-3-11-25(16)19(26)13-22-14-7-9-15(10-8-14)23-20-24-17-5-1-2-6-18(17)27-20/h1-2,5-6,14-16,22H,3-4,7-11,13H2,(H,23,24). The average molecular weight is 384 g/mol. The van der Waals surface area contributed by atoms with Crippen LogP contribution in [0.5, 0.6) is 0 Å². The number of benzene rings is 1. The quantitative estimate of drug-likeness (QED) is 0.829. The molecule has 1 saturated carbocycles. The Morgan fingerprint density at radius 2 is 2.00 bits per heavy atom. The third kappa shape index (κ3) is 4.23. The predicted octanol–water partition coefficient (Wildman–Crippen LogP) is 3.12. The van der Waals surface area contributed by atoms with E-state index in [1.165, 1.54) is 4.70 Å². The Bertz CT molecular complexity index is 803. The van der Waals surface area contributed by atoms with Gasteiger partial charge in [-0.1, -0.05) is 23.5 Å². The van der Waals surface area contributed by atoms with Crippen LogP contribution in [0.1, 0.15) is 38.5 Å². The summed E-state index contributed by atoms with van der Waals surface area (Å²) in [6.45, 7) is 1.07. The van der Waals surface area contributed by atoms with Crippen LogP contribution in [0.2, 0.25) is 0 Å². The minimum atomic E-state index is -0.229. The Morgan fingerprint density at radius 3 is 2.78 bits per heavy atom. The number of hydrogen-bond acceptors (Lipinski definition) is 6. The van der Waals surface area contributed by atoms with Crippen molar-refractivity contribution in [3.05, 3.63) is 24.3 Å². The fourth-order valence-corrected chi connectivity index (χ4v) is 5.03. The Morgan fingerprint density at radius 1 is 1.22 bits per heavy atom. The van der Waals surface area contributed by atoms with Crippen LogP contribution >= 0.6 is 11.3 Å². The molecule has 1 saturated heterocycles. The highest BCUT2D eigenvalue weighted by atomic mass is 32.1. The van der Waals surface area contributed by atoms with Crippen LogP contribution < -0.4 is 10.6 Å². The van der Waals surface area contributed by atoms with E-state index in [4.69, 9.17) is 5.26 Å². The molecular formula is C20H25N5OS. The first-order chi connectivity index (χ1) is 13.2. The van der Waals surface area contributed by atoms with E-state index < -0.39 is 0 Å². The van der Waals surface area contributed by atoms with Gasteiger partial charge in [0.2, 0.25) is 5.91 Å². The molecule has 0 radical (unpaired) electrons. The van der Waals surface area contributed by atoms with Gasteiger partial charge in [-0.05, 0) is 50.7 Å². The molecule has 1 aromatic heterocycles. The van der Waals surface area contributed by atoms with Crippen LogP contribution in [0, 0.1) is 11.3 Å². The molecular weight excluding hydrogens is 358 g/mol. The maximum atomic E-state index is 12.3. The molecule has 2 heterocycles. The van der Waals surface area contributed by atoms with E-state index in [1.807, 2.05) is 18.2 Å². The number of hydrogen-bond donors (Lipinski definition) is 2. The van der Waals surface area contributed by atoms with Crippen molar-refractivity contribution in [3.63, 3.8) is 0 Å². The van der Waals surface area contributed by atoms with Gasteiger partial charge in [-0.2, -0.15) is 5.26 Å². The summed E-state index contributed by atoms with van der Waals surface area (Å²) in [6.07, 6.45) is 6.00. The molecule has 0 bridgehead atoms. The Balaban J connectivity index is 1.22. The van der Waals surface area contributed by atoms with E-state index in [9.17, 15) is 4.79 Å². The lowest BCUT2D eigenvalue weighted by molar-refractivity contribution is -0.130. The van der Waals surface area contributed by atoms with Gasteiger partial charge in [-0.15, -0.1) is 0 Å². The molecule has 4 rings (SSSR count). The minimum Gasteiger partial charge on any atom is -0.359 e. The van der Waals surface area contributed by atoms with Crippen molar-refractivity contribution in [1.29, 1.82) is 5.26 Å². The Labute approximate surface area is 163 Å². The molecule has 1 aliphatic heterocycles. The number of thiazole rings is 1. The van der Waals surface area contributed by atoms with Gasteiger partial charge in [0.05, 0.1) is 22.8 Å². The van der Waals surface area contributed by atoms with Crippen LogP contribution in [0.3, 0.4) is 0 Å². The van der Waals surface area contributed by atoms with Crippen molar-refractivity contribution in [2.75, 3.05) is 18.4 Å². The Kier molecular flexibility index (Phi) is 5.55. The number of carbonyl (C=O) groups excluding carboxylic acids is 1. The number of nitrogens with one attached hydrogen (secondary N) is 2. The number of anilines is 1.